The number of hydrogen-bond donors (Lipinski definition) is 2. The first-order valence-corrected chi connectivity index (χ1v) is 11.8. The molecule has 0 amide bonds. The van der Waals surface area contributed by atoms with Crippen LogP contribution in [0.3, 0.4) is 0 Å². The van der Waals surface area contributed by atoms with Gasteiger partial charge >= 0.3 is 0 Å². The van der Waals surface area contributed by atoms with Crippen LogP contribution in [0.2, 0.25) is 0 Å². The Bertz CT molecular complexity index is 1450. The van der Waals surface area contributed by atoms with Crippen molar-refractivity contribution in [2.24, 2.45) is 0 Å². The summed E-state index contributed by atoms with van der Waals surface area (Å²) in [5, 5.41) is 0. The van der Waals surface area contributed by atoms with E-state index >= 15 is 0 Å². The molecule has 0 aliphatic carbocycles. The number of aromatic nitrogens is 4. The minimum Gasteiger partial charge on any atom is -0.494 e. The number of piperazine rings is 1. The number of aromatic amines is 2. The van der Waals surface area contributed by atoms with Gasteiger partial charge in [0.05, 0.1) is 28.7 Å². The largest absolute Gasteiger partial charge is 0.494 e. The smallest absolute Gasteiger partial charge is 0.138 e. The Labute approximate surface area is 210 Å². The van der Waals surface area contributed by atoms with Gasteiger partial charge in [-0.3, -0.25) is 0 Å². The maximum Gasteiger partial charge on any atom is 0.138 e. The van der Waals surface area contributed by atoms with Crippen LogP contribution in [0.1, 0.15) is 6.92 Å². The van der Waals surface area contributed by atoms with Crippen LogP contribution in [-0.4, -0.2) is 64.7 Å². The van der Waals surface area contributed by atoms with Crippen molar-refractivity contribution in [1.82, 2.24) is 24.8 Å². The molecule has 1 aliphatic rings. The van der Waals surface area contributed by atoms with E-state index in [4.69, 9.17) is 14.7 Å². The van der Waals surface area contributed by atoms with Crippen LogP contribution < -0.4 is 9.64 Å². The maximum absolute atomic E-state index is 5.55. The molecule has 2 N–H and O–H groups in total. The Morgan fingerprint density at radius 1 is 0.771 bits per heavy atom. The summed E-state index contributed by atoms with van der Waals surface area (Å²) in [6.07, 6.45) is 0. The first kappa shape index (κ1) is 23.2. The summed E-state index contributed by atoms with van der Waals surface area (Å²) in [4.78, 5) is 21.4. The third-order valence-electron chi connectivity index (χ3n) is 6.53. The zero-order valence-electron chi connectivity index (χ0n) is 19.9. The molecule has 2 aromatic heterocycles. The summed E-state index contributed by atoms with van der Waals surface area (Å²) < 4.78 is 5.55. The van der Waals surface area contributed by atoms with Gasteiger partial charge in [-0.15, -0.1) is 12.4 Å². The quantitative estimate of drug-likeness (QED) is 0.349. The Balaban J connectivity index is 0.00000253. The molecular formula is C27H29ClN6O. The van der Waals surface area contributed by atoms with Crippen molar-refractivity contribution in [2.45, 2.75) is 6.92 Å². The van der Waals surface area contributed by atoms with Crippen molar-refractivity contribution in [1.29, 1.82) is 0 Å². The Hall–Kier alpha value is -3.55. The molecule has 0 saturated carbocycles. The van der Waals surface area contributed by atoms with Crippen molar-refractivity contribution >= 4 is 40.2 Å². The molecule has 0 atom stereocenters. The number of fused-ring (bicyclic) bond motifs is 2. The average Bonchev–Trinajstić information content (AvgIpc) is 3.48. The fraction of sp³-hybridized carbons (Fsp3) is 0.259. The normalized spacial score (nSPS) is 14.4. The predicted octanol–water partition coefficient (Wildman–Crippen LogP) is 5.35. The van der Waals surface area contributed by atoms with Gasteiger partial charge in [0.1, 0.15) is 17.4 Å². The molecule has 3 heterocycles. The van der Waals surface area contributed by atoms with E-state index in [1.54, 1.807) is 0 Å². The molecule has 0 unspecified atom stereocenters. The standard InChI is InChI=1S/C27H28N6O.ClH/c1-3-34-21-8-4-18(5-9-21)26-28-22-10-6-19(16-24(22)30-26)27-29-23-11-7-20(17-25(23)31-27)33-14-12-32(2)13-15-33;/h4-11,16-17H,3,12-15H2,1-2H3,(H,28,30)(H,29,31);1H. The minimum absolute atomic E-state index is 0. The number of nitrogens with one attached hydrogen (secondary N) is 2. The van der Waals surface area contributed by atoms with E-state index in [1.807, 2.05) is 37.3 Å². The highest BCUT2D eigenvalue weighted by Gasteiger charge is 2.16. The molecule has 8 heteroatoms. The molecule has 0 radical (unpaired) electrons. The SMILES string of the molecule is CCOc1ccc(-c2nc3ccc(-c4nc5ccc(N6CCN(C)CC6)cc5[nH]4)cc3[nH]2)cc1.Cl. The fourth-order valence-electron chi connectivity index (χ4n) is 4.57. The van der Waals surface area contributed by atoms with Crippen LogP contribution in [0.5, 0.6) is 5.75 Å². The second-order valence-electron chi connectivity index (χ2n) is 8.85. The van der Waals surface area contributed by atoms with Gasteiger partial charge in [0.25, 0.3) is 0 Å². The molecule has 7 nitrogen and oxygen atoms in total. The predicted molar refractivity (Wildman–Crippen MR) is 145 cm³/mol. The molecule has 180 valence electrons. The van der Waals surface area contributed by atoms with Gasteiger partial charge in [-0.25, -0.2) is 9.97 Å². The first-order valence-electron chi connectivity index (χ1n) is 11.8. The number of ether oxygens (including phenoxy) is 1. The number of benzene rings is 3. The lowest BCUT2D eigenvalue weighted by molar-refractivity contribution is 0.313. The summed E-state index contributed by atoms with van der Waals surface area (Å²) in [5.41, 5.74) is 7.27. The van der Waals surface area contributed by atoms with Crippen LogP contribution in [0.4, 0.5) is 5.69 Å². The Morgan fingerprint density at radius 3 is 2.06 bits per heavy atom. The lowest BCUT2D eigenvalue weighted by Crippen LogP contribution is -2.44. The summed E-state index contributed by atoms with van der Waals surface area (Å²) in [5.74, 6) is 2.58. The van der Waals surface area contributed by atoms with E-state index in [0.717, 1.165) is 76.8 Å². The van der Waals surface area contributed by atoms with Crippen molar-refractivity contribution in [2.75, 3.05) is 44.7 Å². The number of rotatable bonds is 5. The van der Waals surface area contributed by atoms with E-state index < -0.39 is 0 Å². The first-order chi connectivity index (χ1) is 16.7. The van der Waals surface area contributed by atoms with Crippen LogP contribution in [0.15, 0.2) is 60.7 Å². The van der Waals surface area contributed by atoms with Gasteiger partial charge in [0.2, 0.25) is 0 Å². The zero-order valence-corrected chi connectivity index (χ0v) is 20.7. The maximum atomic E-state index is 5.55. The number of halogens is 1. The molecule has 0 bridgehead atoms. The number of nitrogens with zero attached hydrogens (tertiary/aromatic N) is 4. The highest BCUT2D eigenvalue weighted by atomic mass is 35.5. The van der Waals surface area contributed by atoms with Crippen LogP contribution >= 0.6 is 12.4 Å². The molecule has 6 rings (SSSR count). The Morgan fingerprint density at radius 2 is 1.37 bits per heavy atom. The van der Waals surface area contributed by atoms with Gasteiger partial charge in [-0.05, 0) is 74.6 Å². The van der Waals surface area contributed by atoms with Gasteiger partial charge in [0, 0.05) is 43.0 Å². The monoisotopic (exact) mass is 488 g/mol. The van der Waals surface area contributed by atoms with Gasteiger partial charge < -0.3 is 24.5 Å². The van der Waals surface area contributed by atoms with E-state index in [2.05, 4.69) is 57.1 Å². The number of likely N-dealkylation sites (N-methyl/N-ethyl adjacent to an activating group) is 1. The van der Waals surface area contributed by atoms with E-state index in [-0.39, 0.29) is 12.4 Å². The van der Waals surface area contributed by atoms with Crippen molar-refractivity contribution in [3.63, 3.8) is 0 Å². The van der Waals surface area contributed by atoms with Gasteiger partial charge in [0.15, 0.2) is 0 Å². The number of anilines is 1. The topological polar surface area (TPSA) is 73.1 Å². The van der Waals surface area contributed by atoms with E-state index in [9.17, 15) is 0 Å². The minimum atomic E-state index is 0. The molecule has 1 aliphatic heterocycles. The second kappa shape index (κ2) is 9.60. The van der Waals surface area contributed by atoms with Gasteiger partial charge in [-0.1, -0.05) is 0 Å². The number of imidazole rings is 2. The highest BCUT2D eigenvalue weighted by molar-refractivity contribution is 5.87. The molecule has 35 heavy (non-hydrogen) atoms. The van der Waals surface area contributed by atoms with Crippen molar-refractivity contribution < 1.29 is 4.74 Å². The molecule has 3 aromatic carbocycles. The number of hydrogen-bond acceptors (Lipinski definition) is 5. The molecular weight excluding hydrogens is 460 g/mol. The molecule has 1 saturated heterocycles. The molecule has 5 aromatic rings. The lowest BCUT2D eigenvalue weighted by atomic mass is 10.2. The summed E-state index contributed by atoms with van der Waals surface area (Å²) in [6, 6.07) is 20.7. The highest BCUT2D eigenvalue weighted by Crippen LogP contribution is 2.28. The fourth-order valence-corrected chi connectivity index (χ4v) is 4.57. The zero-order chi connectivity index (χ0) is 23.1. The number of H-pyrrole nitrogens is 2. The van der Waals surface area contributed by atoms with Crippen molar-refractivity contribution in [3.8, 4) is 28.5 Å². The second-order valence-corrected chi connectivity index (χ2v) is 8.85. The van der Waals surface area contributed by atoms with E-state index in [0.29, 0.717) is 6.61 Å². The molecule has 0 spiro atoms. The van der Waals surface area contributed by atoms with Crippen LogP contribution in [0, 0.1) is 0 Å². The summed E-state index contributed by atoms with van der Waals surface area (Å²) in [6.45, 7) is 6.93. The van der Waals surface area contributed by atoms with Crippen molar-refractivity contribution in [3.05, 3.63) is 60.7 Å². The summed E-state index contributed by atoms with van der Waals surface area (Å²) in [7, 11) is 2.18. The lowest BCUT2D eigenvalue weighted by Gasteiger charge is -2.34. The third kappa shape index (κ3) is 4.57. The average molecular weight is 489 g/mol. The summed E-state index contributed by atoms with van der Waals surface area (Å²) >= 11 is 0. The van der Waals surface area contributed by atoms with E-state index in [1.165, 1.54) is 5.69 Å². The van der Waals surface area contributed by atoms with Crippen LogP contribution in [-0.2, 0) is 0 Å². The van der Waals surface area contributed by atoms with Gasteiger partial charge in [-0.2, -0.15) is 0 Å². The molecule has 1 fully saturated rings. The third-order valence-corrected chi connectivity index (χ3v) is 6.53. The van der Waals surface area contributed by atoms with Crippen LogP contribution in [0.25, 0.3) is 44.8 Å². The Kier molecular flexibility index (Phi) is 6.36.